The number of carbonyl (C=O) groups is 1. The molecule has 0 aliphatic rings. The van der Waals surface area contributed by atoms with Crippen LogP contribution in [0.2, 0.25) is 0 Å². The van der Waals surface area contributed by atoms with Crippen LogP contribution in [0, 0.1) is 6.92 Å². The number of benzene rings is 2. The van der Waals surface area contributed by atoms with E-state index in [2.05, 4.69) is 15.6 Å². The summed E-state index contributed by atoms with van der Waals surface area (Å²) in [6.45, 7) is 6.02. The van der Waals surface area contributed by atoms with E-state index in [-0.39, 0.29) is 12.0 Å². The summed E-state index contributed by atoms with van der Waals surface area (Å²) in [6, 6.07) is 19.4. The summed E-state index contributed by atoms with van der Waals surface area (Å²) < 4.78 is 5.64. The van der Waals surface area contributed by atoms with E-state index in [0.717, 1.165) is 22.7 Å². The number of anilines is 3. The Morgan fingerprint density at radius 1 is 0.964 bits per heavy atom. The van der Waals surface area contributed by atoms with Crippen LogP contribution < -0.4 is 15.4 Å². The maximum atomic E-state index is 12.2. The number of ether oxygens (including phenoxy) is 1. The zero-order valence-corrected chi connectivity index (χ0v) is 16.4. The zero-order valence-electron chi connectivity index (χ0n) is 16.4. The van der Waals surface area contributed by atoms with Gasteiger partial charge < -0.3 is 15.4 Å². The highest BCUT2D eigenvalue weighted by atomic mass is 16.5. The lowest BCUT2D eigenvalue weighted by atomic mass is 10.1. The second kappa shape index (κ2) is 9.04. The summed E-state index contributed by atoms with van der Waals surface area (Å²) in [7, 11) is 0. The van der Waals surface area contributed by atoms with E-state index >= 15 is 0 Å². The zero-order chi connectivity index (χ0) is 19.9. The van der Waals surface area contributed by atoms with Crippen molar-refractivity contribution < 1.29 is 9.53 Å². The second-order valence-corrected chi connectivity index (χ2v) is 6.96. The van der Waals surface area contributed by atoms with Gasteiger partial charge in [-0.2, -0.15) is 0 Å². The molecule has 0 aliphatic heterocycles. The summed E-state index contributed by atoms with van der Waals surface area (Å²) in [5.41, 5.74) is 3.94. The van der Waals surface area contributed by atoms with Gasteiger partial charge in [0.2, 0.25) is 5.91 Å². The molecule has 1 aromatic heterocycles. The van der Waals surface area contributed by atoms with Gasteiger partial charge in [0.05, 0.1) is 24.4 Å². The molecular formula is C23H25N3O2. The van der Waals surface area contributed by atoms with Crippen LogP contribution in [0.1, 0.15) is 25.0 Å². The summed E-state index contributed by atoms with van der Waals surface area (Å²) in [5.74, 6) is 1.28. The molecule has 0 saturated carbocycles. The minimum absolute atomic E-state index is 0.0854. The fourth-order valence-corrected chi connectivity index (χ4v) is 2.68. The molecule has 3 aromatic rings. The predicted octanol–water partition coefficient (Wildman–Crippen LogP) is 5.10. The lowest BCUT2D eigenvalue weighted by molar-refractivity contribution is -0.115. The number of rotatable bonds is 7. The van der Waals surface area contributed by atoms with Gasteiger partial charge in [-0.1, -0.05) is 29.8 Å². The first-order valence-electron chi connectivity index (χ1n) is 9.33. The molecule has 28 heavy (non-hydrogen) atoms. The lowest BCUT2D eigenvalue weighted by Gasteiger charge is -2.11. The van der Waals surface area contributed by atoms with Gasteiger partial charge >= 0.3 is 0 Å². The van der Waals surface area contributed by atoms with Crippen LogP contribution in [0.25, 0.3) is 0 Å². The van der Waals surface area contributed by atoms with E-state index in [1.807, 2.05) is 75.4 Å². The first-order valence-corrected chi connectivity index (χ1v) is 9.33. The van der Waals surface area contributed by atoms with Crippen LogP contribution in [-0.2, 0) is 11.2 Å². The molecule has 0 atom stereocenters. The molecule has 0 fully saturated rings. The highest BCUT2D eigenvalue weighted by molar-refractivity contribution is 5.91. The molecule has 0 spiro atoms. The number of nitrogens with one attached hydrogen (secondary N) is 2. The Balaban J connectivity index is 1.54. The van der Waals surface area contributed by atoms with Gasteiger partial charge in [0.25, 0.3) is 0 Å². The van der Waals surface area contributed by atoms with Gasteiger partial charge in [0.1, 0.15) is 11.6 Å². The first kappa shape index (κ1) is 19.4. The smallest absolute Gasteiger partial charge is 0.229 e. The minimum atomic E-state index is -0.0854. The van der Waals surface area contributed by atoms with Crippen molar-refractivity contribution in [3.63, 3.8) is 0 Å². The van der Waals surface area contributed by atoms with E-state index in [1.54, 1.807) is 12.3 Å². The molecule has 5 nitrogen and oxygen atoms in total. The molecule has 1 heterocycles. The molecule has 5 heteroatoms. The lowest BCUT2D eigenvalue weighted by Crippen LogP contribution is -2.15. The Morgan fingerprint density at radius 2 is 1.64 bits per heavy atom. The minimum Gasteiger partial charge on any atom is -0.491 e. The second-order valence-electron chi connectivity index (χ2n) is 6.96. The molecule has 0 bridgehead atoms. The van der Waals surface area contributed by atoms with Crippen molar-refractivity contribution in [3.05, 3.63) is 78.0 Å². The Labute approximate surface area is 165 Å². The number of aromatic nitrogens is 1. The van der Waals surface area contributed by atoms with Crippen molar-refractivity contribution in [2.24, 2.45) is 0 Å². The van der Waals surface area contributed by atoms with Crippen LogP contribution in [0.5, 0.6) is 5.75 Å². The third-order valence-corrected chi connectivity index (χ3v) is 4.03. The predicted molar refractivity (Wildman–Crippen MR) is 113 cm³/mol. The molecule has 2 aromatic carbocycles. The van der Waals surface area contributed by atoms with Gasteiger partial charge in [-0.25, -0.2) is 4.98 Å². The van der Waals surface area contributed by atoms with Gasteiger partial charge in [0.15, 0.2) is 0 Å². The fraction of sp³-hybridized carbons (Fsp3) is 0.217. The van der Waals surface area contributed by atoms with Crippen LogP contribution in [0.4, 0.5) is 17.2 Å². The van der Waals surface area contributed by atoms with E-state index in [9.17, 15) is 4.79 Å². The van der Waals surface area contributed by atoms with Crippen molar-refractivity contribution >= 4 is 23.1 Å². The van der Waals surface area contributed by atoms with Gasteiger partial charge in [-0.15, -0.1) is 0 Å². The molecule has 2 N–H and O–H groups in total. The first-order chi connectivity index (χ1) is 13.5. The van der Waals surface area contributed by atoms with Gasteiger partial charge in [0, 0.05) is 5.69 Å². The van der Waals surface area contributed by atoms with E-state index in [1.165, 1.54) is 5.56 Å². The van der Waals surface area contributed by atoms with Gasteiger partial charge in [-0.3, -0.25) is 4.79 Å². The van der Waals surface area contributed by atoms with Crippen molar-refractivity contribution in [3.8, 4) is 5.75 Å². The average Bonchev–Trinajstić information content (AvgIpc) is 2.66. The average molecular weight is 375 g/mol. The summed E-state index contributed by atoms with van der Waals surface area (Å²) in [5, 5.41) is 6.11. The van der Waals surface area contributed by atoms with Crippen molar-refractivity contribution in [2.45, 2.75) is 33.3 Å². The standard InChI is InChI=1S/C23H25N3O2/c1-16(2)28-21-11-8-19(9-12-21)25-20-10-13-22(24-15-20)26-23(27)14-18-6-4-17(3)5-7-18/h4-13,15-16,25H,14H2,1-3H3,(H,24,26,27). The molecule has 0 aliphatic carbocycles. The maximum Gasteiger partial charge on any atom is 0.229 e. The third-order valence-electron chi connectivity index (χ3n) is 4.03. The quantitative estimate of drug-likeness (QED) is 0.603. The summed E-state index contributed by atoms with van der Waals surface area (Å²) in [6.07, 6.45) is 2.17. The van der Waals surface area contributed by atoms with Crippen LogP contribution in [-0.4, -0.2) is 17.0 Å². The van der Waals surface area contributed by atoms with E-state index in [4.69, 9.17) is 4.74 Å². The molecule has 0 saturated heterocycles. The maximum absolute atomic E-state index is 12.2. The third kappa shape index (κ3) is 5.84. The molecule has 0 radical (unpaired) electrons. The largest absolute Gasteiger partial charge is 0.491 e. The van der Waals surface area contributed by atoms with Crippen molar-refractivity contribution in [1.82, 2.24) is 4.98 Å². The highest BCUT2D eigenvalue weighted by Crippen LogP contribution is 2.21. The number of hydrogen-bond acceptors (Lipinski definition) is 4. The molecule has 1 amide bonds. The summed E-state index contributed by atoms with van der Waals surface area (Å²) in [4.78, 5) is 16.5. The number of aryl methyl sites for hydroxylation is 1. The number of amides is 1. The number of nitrogens with zero attached hydrogens (tertiary/aromatic N) is 1. The van der Waals surface area contributed by atoms with Crippen molar-refractivity contribution in [1.29, 1.82) is 0 Å². The molecule has 3 rings (SSSR count). The van der Waals surface area contributed by atoms with Gasteiger partial charge in [-0.05, 0) is 62.7 Å². The SMILES string of the molecule is Cc1ccc(CC(=O)Nc2ccc(Nc3ccc(OC(C)C)cc3)cn2)cc1. The number of carbonyl (C=O) groups excluding carboxylic acids is 1. The van der Waals surface area contributed by atoms with Crippen LogP contribution in [0.3, 0.4) is 0 Å². The topological polar surface area (TPSA) is 63.2 Å². The molecular weight excluding hydrogens is 350 g/mol. The fourth-order valence-electron chi connectivity index (χ4n) is 2.68. The Bertz CT molecular complexity index is 902. The number of pyridine rings is 1. The van der Waals surface area contributed by atoms with Crippen molar-refractivity contribution in [2.75, 3.05) is 10.6 Å². The molecule has 144 valence electrons. The van der Waals surface area contributed by atoms with Crippen LogP contribution in [0.15, 0.2) is 66.9 Å². The monoisotopic (exact) mass is 375 g/mol. The molecule has 0 unspecified atom stereocenters. The van der Waals surface area contributed by atoms with Crippen LogP contribution >= 0.6 is 0 Å². The number of hydrogen-bond donors (Lipinski definition) is 2. The Morgan fingerprint density at radius 3 is 2.25 bits per heavy atom. The van der Waals surface area contributed by atoms with E-state index < -0.39 is 0 Å². The Kier molecular flexibility index (Phi) is 6.27. The normalized spacial score (nSPS) is 10.6. The Hall–Kier alpha value is -3.34. The summed E-state index contributed by atoms with van der Waals surface area (Å²) >= 11 is 0. The van der Waals surface area contributed by atoms with E-state index in [0.29, 0.717) is 12.2 Å². The highest BCUT2D eigenvalue weighted by Gasteiger charge is 2.05.